The number of rotatable bonds is 5. The molecule has 116 valence electrons. The van der Waals surface area contributed by atoms with Gasteiger partial charge in [0.15, 0.2) is 0 Å². The van der Waals surface area contributed by atoms with Crippen molar-refractivity contribution < 1.29 is 9.53 Å². The summed E-state index contributed by atoms with van der Waals surface area (Å²) in [6, 6.07) is 6.78. The van der Waals surface area contributed by atoms with Crippen LogP contribution in [0.3, 0.4) is 0 Å². The average Bonchev–Trinajstić information content (AvgIpc) is 2.53. The van der Waals surface area contributed by atoms with E-state index in [1.54, 1.807) is 0 Å². The standard InChI is InChI=1S/C17H26N2O2/c1-4-9-18-12-13-6-7-15-14(11-13)8-10-19(16(15)5-2)17(20)21-3/h6-7,11,16,18H,4-5,8-10,12H2,1-3H3. The Hall–Kier alpha value is -1.55. The van der Waals surface area contributed by atoms with Gasteiger partial charge in [0.2, 0.25) is 0 Å². The number of amides is 1. The van der Waals surface area contributed by atoms with Crippen LogP contribution in [0.25, 0.3) is 0 Å². The number of benzene rings is 1. The molecule has 1 N–H and O–H groups in total. The number of hydrogen-bond acceptors (Lipinski definition) is 3. The van der Waals surface area contributed by atoms with E-state index in [2.05, 4.69) is 37.4 Å². The van der Waals surface area contributed by atoms with Crippen LogP contribution in [0.15, 0.2) is 18.2 Å². The van der Waals surface area contributed by atoms with Crippen LogP contribution in [0.4, 0.5) is 4.79 Å². The summed E-state index contributed by atoms with van der Waals surface area (Å²) < 4.78 is 4.90. The summed E-state index contributed by atoms with van der Waals surface area (Å²) in [5, 5.41) is 3.43. The highest BCUT2D eigenvalue weighted by Gasteiger charge is 2.30. The zero-order valence-corrected chi connectivity index (χ0v) is 13.3. The van der Waals surface area contributed by atoms with Crippen LogP contribution in [0.1, 0.15) is 49.4 Å². The first kappa shape index (κ1) is 15.8. The fourth-order valence-electron chi connectivity index (χ4n) is 3.06. The van der Waals surface area contributed by atoms with E-state index in [0.717, 1.165) is 38.9 Å². The smallest absolute Gasteiger partial charge is 0.410 e. The van der Waals surface area contributed by atoms with Gasteiger partial charge in [-0.3, -0.25) is 0 Å². The molecule has 1 unspecified atom stereocenters. The Morgan fingerprint density at radius 2 is 2.24 bits per heavy atom. The lowest BCUT2D eigenvalue weighted by molar-refractivity contribution is 0.0995. The van der Waals surface area contributed by atoms with Crippen LogP contribution in [0, 0.1) is 0 Å². The van der Waals surface area contributed by atoms with Gasteiger partial charge in [0, 0.05) is 13.1 Å². The summed E-state index contributed by atoms with van der Waals surface area (Å²) in [4.78, 5) is 13.7. The second-order valence-corrected chi connectivity index (χ2v) is 5.55. The highest BCUT2D eigenvalue weighted by molar-refractivity contribution is 5.69. The molecule has 1 aliphatic heterocycles. The molecule has 1 aromatic carbocycles. The Kier molecular flexibility index (Phi) is 5.62. The van der Waals surface area contributed by atoms with Gasteiger partial charge in [-0.1, -0.05) is 32.0 Å². The number of nitrogens with one attached hydrogen (secondary N) is 1. The maximum absolute atomic E-state index is 11.9. The van der Waals surface area contributed by atoms with Crippen molar-refractivity contribution >= 4 is 6.09 Å². The number of fused-ring (bicyclic) bond motifs is 1. The zero-order chi connectivity index (χ0) is 15.2. The molecule has 4 heteroatoms. The molecule has 0 aromatic heterocycles. The molecular weight excluding hydrogens is 264 g/mol. The summed E-state index contributed by atoms with van der Waals surface area (Å²) in [6.45, 7) is 6.99. The minimum absolute atomic E-state index is 0.138. The van der Waals surface area contributed by atoms with Gasteiger partial charge >= 0.3 is 6.09 Å². The first-order chi connectivity index (χ1) is 10.2. The van der Waals surface area contributed by atoms with Crippen molar-refractivity contribution in [1.29, 1.82) is 0 Å². The van der Waals surface area contributed by atoms with Gasteiger partial charge in [0.25, 0.3) is 0 Å². The van der Waals surface area contributed by atoms with E-state index in [0.29, 0.717) is 0 Å². The van der Waals surface area contributed by atoms with E-state index < -0.39 is 0 Å². The first-order valence-corrected chi connectivity index (χ1v) is 7.88. The van der Waals surface area contributed by atoms with Gasteiger partial charge in [-0.15, -0.1) is 0 Å². The second-order valence-electron chi connectivity index (χ2n) is 5.55. The summed E-state index contributed by atoms with van der Waals surface area (Å²) in [5.74, 6) is 0. The van der Waals surface area contributed by atoms with Gasteiger partial charge in [0.05, 0.1) is 13.2 Å². The van der Waals surface area contributed by atoms with Gasteiger partial charge in [-0.25, -0.2) is 4.79 Å². The maximum atomic E-state index is 11.9. The third-order valence-electron chi connectivity index (χ3n) is 4.12. The Morgan fingerprint density at radius 1 is 1.43 bits per heavy atom. The van der Waals surface area contributed by atoms with Crippen LogP contribution in [0.5, 0.6) is 0 Å². The van der Waals surface area contributed by atoms with E-state index >= 15 is 0 Å². The molecule has 0 bridgehead atoms. The Balaban J connectivity index is 2.16. The lowest BCUT2D eigenvalue weighted by Gasteiger charge is -2.36. The lowest BCUT2D eigenvalue weighted by Crippen LogP contribution is -2.39. The lowest BCUT2D eigenvalue weighted by atomic mass is 9.90. The van der Waals surface area contributed by atoms with E-state index in [1.165, 1.54) is 23.8 Å². The topological polar surface area (TPSA) is 41.6 Å². The number of carbonyl (C=O) groups is 1. The SMILES string of the molecule is CCCNCc1ccc2c(c1)CCN(C(=O)OC)C2CC. The number of carbonyl (C=O) groups excluding carboxylic acids is 1. The number of ether oxygens (including phenoxy) is 1. The molecule has 4 nitrogen and oxygen atoms in total. The molecule has 1 heterocycles. The Bertz CT molecular complexity index is 488. The van der Waals surface area contributed by atoms with Gasteiger partial charge in [-0.05, 0) is 42.5 Å². The minimum Gasteiger partial charge on any atom is -0.453 e. The van der Waals surface area contributed by atoms with Crippen LogP contribution in [-0.2, 0) is 17.7 Å². The molecule has 1 amide bonds. The van der Waals surface area contributed by atoms with Crippen molar-refractivity contribution in [3.8, 4) is 0 Å². The monoisotopic (exact) mass is 290 g/mol. The Labute approximate surface area is 127 Å². The largest absolute Gasteiger partial charge is 0.453 e. The number of nitrogens with zero attached hydrogens (tertiary/aromatic N) is 1. The third kappa shape index (κ3) is 3.56. The van der Waals surface area contributed by atoms with E-state index in [4.69, 9.17) is 4.74 Å². The van der Waals surface area contributed by atoms with E-state index in [9.17, 15) is 4.79 Å². The van der Waals surface area contributed by atoms with Crippen LogP contribution in [0.2, 0.25) is 0 Å². The van der Waals surface area contributed by atoms with Gasteiger partial charge < -0.3 is 15.0 Å². The minimum atomic E-state index is -0.221. The molecular formula is C17H26N2O2. The highest BCUT2D eigenvalue weighted by Crippen LogP contribution is 2.33. The summed E-state index contributed by atoms with van der Waals surface area (Å²) in [5.41, 5.74) is 3.97. The predicted molar refractivity (Wildman–Crippen MR) is 84.3 cm³/mol. The molecule has 21 heavy (non-hydrogen) atoms. The fraction of sp³-hybridized carbons (Fsp3) is 0.588. The van der Waals surface area contributed by atoms with Crippen molar-refractivity contribution in [1.82, 2.24) is 10.2 Å². The van der Waals surface area contributed by atoms with Crippen LogP contribution >= 0.6 is 0 Å². The summed E-state index contributed by atoms with van der Waals surface area (Å²) in [7, 11) is 1.45. The fourth-order valence-corrected chi connectivity index (χ4v) is 3.06. The van der Waals surface area contributed by atoms with Crippen molar-refractivity contribution in [3.05, 3.63) is 34.9 Å². The van der Waals surface area contributed by atoms with E-state index in [-0.39, 0.29) is 12.1 Å². The second kappa shape index (κ2) is 7.46. The zero-order valence-electron chi connectivity index (χ0n) is 13.3. The normalized spacial score (nSPS) is 17.5. The van der Waals surface area contributed by atoms with Crippen molar-refractivity contribution in [2.24, 2.45) is 0 Å². The predicted octanol–water partition coefficient (Wildman–Crippen LogP) is 3.26. The van der Waals surface area contributed by atoms with Gasteiger partial charge in [-0.2, -0.15) is 0 Å². The summed E-state index contributed by atoms with van der Waals surface area (Å²) in [6.07, 6.45) is 2.75. The summed E-state index contributed by atoms with van der Waals surface area (Å²) >= 11 is 0. The van der Waals surface area contributed by atoms with Crippen LogP contribution in [-0.4, -0.2) is 31.2 Å². The van der Waals surface area contributed by atoms with Gasteiger partial charge in [0.1, 0.15) is 0 Å². The Morgan fingerprint density at radius 3 is 2.90 bits per heavy atom. The molecule has 1 aromatic rings. The maximum Gasteiger partial charge on any atom is 0.410 e. The first-order valence-electron chi connectivity index (χ1n) is 7.88. The quantitative estimate of drug-likeness (QED) is 0.846. The molecule has 0 fully saturated rings. The highest BCUT2D eigenvalue weighted by atomic mass is 16.5. The van der Waals surface area contributed by atoms with Crippen LogP contribution < -0.4 is 5.32 Å². The van der Waals surface area contributed by atoms with Crippen molar-refractivity contribution in [3.63, 3.8) is 0 Å². The molecule has 2 rings (SSSR count). The molecule has 0 saturated heterocycles. The third-order valence-corrected chi connectivity index (χ3v) is 4.12. The van der Waals surface area contributed by atoms with Crippen molar-refractivity contribution in [2.75, 3.05) is 20.2 Å². The van der Waals surface area contributed by atoms with E-state index in [1.807, 2.05) is 4.90 Å². The molecule has 1 aliphatic rings. The molecule has 0 radical (unpaired) electrons. The number of hydrogen-bond donors (Lipinski definition) is 1. The molecule has 0 aliphatic carbocycles. The molecule has 1 atom stereocenters. The molecule has 0 spiro atoms. The molecule has 0 saturated carbocycles. The number of methoxy groups -OCH3 is 1. The van der Waals surface area contributed by atoms with Crippen molar-refractivity contribution in [2.45, 2.75) is 45.7 Å². The average molecular weight is 290 g/mol.